The maximum Gasteiger partial charge on any atom is 0.417 e. The van der Waals surface area contributed by atoms with Crippen LogP contribution in [0.25, 0.3) is 33.6 Å². The first-order valence-electron chi connectivity index (χ1n) is 8.84. The van der Waals surface area contributed by atoms with E-state index in [-0.39, 0.29) is 22.5 Å². The Morgan fingerprint density at radius 3 is 2.23 bits per heavy atom. The molecule has 0 aliphatic carbocycles. The van der Waals surface area contributed by atoms with Gasteiger partial charge in [-0.25, -0.2) is 18.2 Å². The molecule has 4 rings (SSSR count). The molecule has 31 heavy (non-hydrogen) atoms. The van der Waals surface area contributed by atoms with Gasteiger partial charge in [0.2, 0.25) is 0 Å². The SMILES string of the molecule is Fc1cnc(-c2cc(-c3ccc(F)c(-c4ccccc4C(F)(F)F)c3)cnn2)c(F)c1. The van der Waals surface area contributed by atoms with Gasteiger partial charge in [-0.2, -0.15) is 18.3 Å². The summed E-state index contributed by atoms with van der Waals surface area (Å²) in [7, 11) is 0. The van der Waals surface area contributed by atoms with Crippen LogP contribution in [0.2, 0.25) is 0 Å². The number of rotatable bonds is 3. The monoisotopic (exact) mass is 431 g/mol. The summed E-state index contributed by atoms with van der Waals surface area (Å²) in [6.07, 6.45) is -2.56. The highest BCUT2D eigenvalue weighted by atomic mass is 19.4. The third-order valence-corrected chi connectivity index (χ3v) is 4.53. The van der Waals surface area contributed by atoms with Crippen LogP contribution in [-0.2, 0) is 6.18 Å². The topological polar surface area (TPSA) is 38.7 Å². The van der Waals surface area contributed by atoms with E-state index in [0.717, 1.165) is 18.3 Å². The second kappa shape index (κ2) is 7.82. The highest BCUT2D eigenvalue weighted by molar-refractivity contribution is 5.76. The minimum atomic E-state index is -4.67. The van der Waals surface area contributed by atoms with E-state index in [4.69, 9.17) is 0 Å². The molecule has 0 aliphatic rings. The van der Waals surface area contributed by atoms with Crippen LogP contribution in [0.15, 0.2) is 67.0 Å². The molecular weight excluding hydrogens is 420 g/mol. The quantitative estimate of drug-likeness (QED) is 0.357. The van der Waals surface area contributed by atoms with Crippen LogP contribution in [0.4, 0.5) is 26.3 Å². The van der Waals surface area contributed by atoms with Crippen LogP contribution in [0.1, 0.15) is 5.56 Å². The molecule has 0 radical (unpaired) electrons. The van der Waals surface area contributed by atoms with E-state index in [9.17, 15) is 26.3 Å². The predicted molar refractivity (Wildman–Crippen MR) is 101 cm³/mol. The zero-order valence-corrected chi connectivity index (χ0v) is 15.5. The number of benzene rings is 2. The summed E-state index contributed by atoms with van der Waals surface area (Å²) in [6, 6.07) is 10.3. The molecule has 0 amide bonds. The van der Waals surface area contributed by atoms with Gasteiger partial charge in [-0.1, -0.05) is 24.3 Å². The fraction of sp³-hybridized carbons (Fsp3) is 0.0455. The van der Waals surface area contributed by atoms with Crippen LogP contribution in [0, 0.1) is 17.5 Å². The van der Waals surface area contributed by atoms with Crippen LogP contribution >= 0.6 is 0 Å². The molecule has 0 N–H and O–H groups in total. The third-order valence-electron chi connectivity index (χ3n) is 4.53. The summed E-state index contributed by atoms with van der Waals surface area (Å²) in [5.41, 5.74) is -1.15. The smallest absolute Gasteiger partial charge is 0.248 e. The maximum absolute atomic E-state index is 14.5. The van der Waals surface area contributed by atoms with Crippen molar-refractivity contribution in [3.05, 3.63) is 90.0 Å². The lowest BCUT2D eigenvalue weighted by molar-refractivity contribution is -0.137. The van der Waals surface area contributed by atoms with Crippen molar-refractivity contribution in [3.8, 4) is 33.6 Å². The van der Waals surface area contributed by atoms with E-state index in [1.54, 1.807) is 0 Å². The summed E-state index contributed by atoms with van der Waals surface area (Å²) in [4.78, 5) is 3.66. The van der Waals surface area contributed by atoms with Gasteiger partial charge in [0.1, 0.15) is 23.0 Å². The Balaban J connectivity index is 1.82. The van der Waals surface area contributed by atoms with Gasteiger partial charge in [-0.15, -0.1) is 5.10 Å². The van der Waals surface area contributed by atoms with E-state index < -0.39 is 29.2 Å². The fourth-order valence-electron chi connectivity index (χ4n) is 3.12. The predicted octanol–water partition coefficient (Wildman–Crippen LogP) is 6.31. The molecule has 0 saturated heterocycles. The van der Waals surface area contributed by atoms with Crippen LogP contribution in [0.3, 0.4) is 0 Å². The van der Waals surface area contributed by atoms with Gasteiger partial charge in [0.15, 0.2) is 5.82 Å². The summed E-state index contributed by atoms with van der Waals surface area (Å²) >= 11 is 0. The molecule has 0 bridgehead atoms. The lowest BCUT2D eigenvalue weighted by Crippen LogP contribution is -2.07. The molecule has 156 valence electrons. The first-order valence-corrected chi connectivity index (χ1v) is 8.84. The summed E-state index contributed by atoms with van der Waals surface area (Å²) in [5.74, 6) is -2.66. The Morgan fingerprint density at radius 1 is 0.710 bits per heavy atom. The number of alkyl halides is 3. The molecular formula is C22H11F6N3. The van der Waals surface area contributed by atoms with Gasteiger partial charge in [-0.05, 0) is 35.4 Å². The number of pyridine rings is 1. The zero-order chi connectivity index (χ0) is 22.2. The maximum atomic E-state index is 14.5. The lowest BCUT2D eigenvalue weighted by Gasteiger charge is -2.14. The molecule has 0 spiro atoms. The Hall–Kier alpha value is -3.75. The van der Waals surface area contributed by atoms with E-state index in [0.29, 0.717) is 17.2 Å². The highest BCUT2D eigenvalue weighted by Gasteiger charge is 2.34. The minimum absolute atomic E-state index is 0.0171. The van der Waals surface area contributed by atoms with Crippen molar-refractivity contribution in [1.82, 2.24) is 15.2 Å². The lowest BCUT2D eigenvalue weighted by atomic mass is 9.95. The highest BCUT2D eigenvalue weighted by Crippen LogP contribution is 2.39. The summed E-state index contributed by atoms with van der Waals surface area (Å²) in [5, 5.41) is 7.53. The standard InChI is InChI=1S/C22H11F6N3/c23-14-9-19(25)21(29-11-14)20-8-13(10-30-31-20)12-5-6-18(24)16(7-12)15-3-1-2-4-17(15)22(26,27)28/h1-11H. The number of aromatic nitrogens is 3. The van der Waals surface area contributed by atoms with Crippen molar-refractivity contribution >= 4 is 0 Å². The Morgan fingerprint density at radius 2 is 1.48 bits per heavy atom. The first-order chi connectivity index (χ1) is 14.7. The summed E-state index contributed by atoms with van der Waals surface area (Å²) in [6.45, 7) is 0. The van der Waals surface area contributed by atoms with Gasteiger partial charge in [0.25, 0.3) is 0 Å². The van der Waals surface area contributed by atoms with Crippen molar-refractivity contribution < 1.29 is 26.3 Å². The minimum Gasteiger partial charge on any atom is -0.248 e. The molecule has 0 saturated carbocycles. The number of nitrogens with zero attached hydrogens (tertiary/aromatic N) is 3. The molecule has 2 aromatic heterocycles. The fourth-order valence-corrected chi connectivity index (χ4v) is 3.12. The third kappa shape index (κ3) is 4.11. The van der Waals surface area contributed by atoms with E-state index >= 15 is 0 Å². The summed E-state index contributed by atoms with van der Waals surface area (Å²) < 4.78 is 81.8. The van der Waals surface area contributed by atoms with Crippen molar-refractivity contribution in [2.45, 2.75) is 6.18 Å². The van der Waals surface area contributed by atoms with Gasteiger partial charge >= 0.3 is 6.18 Å². The Kier molecular flexibility index (Phi) is 5.18. The van der Waals surface area contributed by atoms with Crippen molar-refractivity contribution in [1.29, 1.82) is 0 Å². The molecule has 0 fully saturated rings. The molecule has 2 heterocycles. The molecule has 0 atom stereocenters. The van der Waals surface area contributed by atoms with Crippen LogP contribution in [0.5, 0.6) is 0 Å². The van der Waals surface area contributed by atoms with E-state index in [1.165, 1.54) is 42.6 Å². The molecule has 0 aliphatic heterocycles. The second-order valence-corrected chi connectivity index (χ2v) is 6.55. The van der Waals surface area contributed by atoms with Crippen LogP contribution in [-0.4, -0.2) is 15.2 Å². The average molecular weight is 431 g/mol. The molecule has 9 heteroatoms. The van der Waals surface area contributed by atoms with Gasteiger partial charge in [0, 0.05) is 17.2 Å². The molecule has 3 nitrogen and oxygen atoms in total. The number of hydrogen-bond acceptors (Lipinski definition) is 3. The van der Waals surface area contributed by atoms with E-state index in [1.807, 2.05) is 0 Å². The normalized spacial score (nSPS) is 11.5. The van der Waals surface area contributed by atoms with Crippen molar-refractivity contribution in [3.63, 3.8) is 0 Å². The first kappa shape index (κ1) is 20.5. The van der Waals surface area contributed by atoms with Crippen LogP contribution < -0.4 is 0 Å². The molecule has 2 aromatic carbocycles. The number of hydrogen-bond donors (Lipinski definition) is 0. The average Bonchev–Trinajstić information content (AvgIpc) is 2.73. The van der Waals surface area contributed by atoms with Gasteiger partial charge in [-0.3, -0.25) is 0 Å². The van der Waals surface area contributed by atoms with Gasteiger partial charge in [0.05, 0.1) is 18.0 Å². The van der Waals surface area contributed by atoms with Gasteiger partial charge < -0.3 is 0 Å². The number of halogens is 6. The van der Waals surface area contributed by atoms with Crippen molar-refractivity contribution in [2.24, 2.45) is 0 Å². The van der Waals surface area contributed by atoms with E-state index in [2.05, 4.69) is 15.2 Å². The molecule has 0 unspecified atom stereocenters. The molecule has 4 aromatic rings. The Bertz CT molecular complexity index is 1270. The Labute approximate surface area is 172 Å². The largest absolute Gasteiger partial charge is 0.417 e. The van der Waals surface area contributed by atoms with Crippen molar-refractivity contribution in [2.75, 3.05) is 0 Å². The zero-order valence-electron chi connectivity index (χ0n) is 15.5. The second-order valence-electron chi connectivity index (χ2n) is 6.55.